The molecule has 9 heavy (non-hydrogen) atoms. The predicted molar refractivity (Wildman–Crippen MR) is 30.2 cm³/mol. The molecule has 5 heteroatoms. The van der Waals surface area contributed by atoms with Crippen LogP contribution in [0, 0.1) is 0 Å². The van der Waals surface area contributed by atoms with Crippen molar-refractivity contribution < 1.29 is 18.3 Å². The number of halogens is 3. The number of thioether (sulfide) groups is 1. The van der Waals surface area contributed by atoms with Crippen LogP contribution in [0.2, 0.25) is 0 Å². The van der Waals surface area contributed by atoms with Crippen molar-refractivity contribution in [3.8, 4) is 0 Å². The Bertz CT molecular complexity index is 72.7. The highest BCUT2D eigenvalue weighted by Crippen LogP contribution is 2.21. The molecule has 0 rings (SSSR count). The first-order valence-electron chi connectivity index (χ1n) is 2.31. The van der Waals surface area contributed by atoms with Crippen molar-refractivity contribution in [2.24, 2.45) is 0 Å². The number of hydrogen-bond donors (Lipinski definition) is 1. The third-order valence-corrected chi connectivity index (χ3v) is 1.30. The van der Waals surface area contributed by atoms with E-state index in [9.17, 15) is 13.2 Å². The van der Waals surface area contributed by atoms with E-state index >= 15 is 0 Å². The molecule has 1 nitrogen and oxygen atoms in total. The lowest BCUT2D eigenvalue weighted by atomic mass is 10.5. The summed E-state index contributed by atoms with van der Waals surface area (Å²) in [5, 5.41) is 8.06. The molecule has 0 aromatic heterocycles. The van der Waals surface area contributed by atoms with Crippen molar-refractivity contribution in [2.75, 3.05) is 11.7 Å². The molecule has 0 unspecified atom stereocenters. The summed E-state index contributed by atoms with van der Waals surface area (Å²) in [6.45, 7) is 0. The second-order valence-corrected chi connectivity index (χ2v) is 2.48. The Labute approximate surface area is 55.2 Å². The first-order chi connectivity index (χ1) is 4.06. The van der Waals surface area contributed by atoms with Crippen molar-refractivity contribution in [3.63, 3.8) is 0 Å². The summed E-state index contributed by atoms with van der Waals surface area (Å²) in [6.07, 6.45) is -4.90. The van der Waals surface area contributed by atoms with Crippen molar-refractivity contribution in [3.05, 3.63) is 0 Å². The van der Waals surface area contributed by atoms with Gasteiger partial charge in [-0.1, -0.05) is 0 Å². The van der Waals surface area contributed by atoms with E-state index in [1.54, 1.807) is 0 Å². The van der Waals surface area contributed by atoms with Crippen LogP contribution in [0.15, 0.2) is 0 Å². The zero-order valence-electron chi connectivity index (χ0n) is 4.61. The van der Waals surface area contributed by atoms with Crippen LogP contribution in [0.5, 0.6) is 0 Å². The predicted octanol–water partition coefficient (Wildman–Crippen LogP) is 1.62. The molecule has 0 atom stereocenters. The highest BCUT2D eigenvalue weighted by atomic mass is 32.2. The first kappa shape index (κ1) is 9.10. The van der Waals surface area contributed by atoms with E-state index in [1.807, 2.05) is 0 Å². The molecule has 0 saturated heterocycles. The van der Waals surface area contributed by atoms with Gasteiger partial charge in [-0.25, -0.2) is 0 Å². The van der Waals surface area contributed by atoms with Gasteiger partial charge in [-0.3, -0.25) is 0 Å². The van der Waals surface area contributed by atoms with Gasteiger partial charge in [-0.05, 0) is 0 Å². The molecule has 0 saturated carbocycles. The number of rotatable bonds is 3. The lowest BCUT2D eigenvalue weighted by Gasteiger charge is -2.02. The maximum Gasteiger partial charge on any atom is 0.389 e. The van der Waals surface area contributed by atoms with Crippen molar-refractivity contribution >= 4 is 11.8 Å². The van der Waals surface area contributed by atoms with Gasteiger partial charge in [0.25, 0.3) is 0 Å². The molecule has 0 aliphatic rings. The largest absolute Gasteiger partial charge is 0.389 e. The summed E-state index contributed by atoms with van der Waals surface area (Å²) in [7, 11) is 0. The molecular formula is C4H7F3OS. The minimum absolute atomic E-state index is 0.0556. The average Bonchev–Trinajstić information content (AvgIpc) is 1.63. The van der Waals surface area contributed by atoms with Crippen LogP contribution in [0.1, 0.15) is 6.42 Å². The van der Waals surface area contributed by atoms with Gasteiger partial charge in [0.05, 0.1) is 12.4 Å². The molecular weight excluding hydrogens is 153 g/mol. The Morgan fingerprint density at radius 1 is 1.33 bits per heavy atom. The molecule has 0 aliphatic heterocycles. The smallest absolute Gasteiger partial charge is 0.386 e. The van der Waals surface area contributed by atoms with Crippen LogP contribution < -0.4 is 0 Å². The highest BCUT2D eigenvalue weighted by Gasteiger charge is 2.25. The molecule has 0 fully saturated rings. The Hall–Kier alpha value is 0.100. The van der Waals surface area contributed by atoms with Crippen LogP contribution in [0.4, 0.5) is 13.2 Å². The Morgan fingerprint density at radius 3 is 2.22 bits per heavy atom. The average molecular weight is 160 g/mol. The second kappa shape index (κ2) is 4.00. The fourth-order valence-corrected chi connectivity index (χ4v) is 0.757. The second-order valence-electron chi connectivity index (χ2n) is 1.40. The topological polar surface area (TPSA) is 20.2 Å². The third kappa shape index (κ3) is 8.10. The zero-order chi connectivity index (χ0) is 7.33. The van der Waals surface area contributed by atoms with E-state index in [-0.39, 0.29) is 11.7 Å². The molecule has 0 amide bonds. The van der Waals surface area contributed by atoms with E-state index in [1.165, 1.54) is 0 Å². The van der Waals surface area contributed by atoms with E-state index in [4.69, 9.17) is 5.11 Å². The number of aliphatic hydroxyl groups is 1. The summed E-state index contributed by atoms with van der Waals surface area (Å²) in [5.74, 6) is -0.296. The van der Waals surface area contributed by atoms with E-state index < -0.39 is 12.6 Å². The lowest BCUT2D eigenvalue weighted by molar-refractivity contribution is -0.129. The van der Waals surface area contributed by atoms with Crippen LogP contribution in [-0.4, -0.2) is 23.0 Å². The first-order valence-corrected chi connectivity index (χ1v) is 3.47. The van der Waals surface area contributed by atoms with Crippen LogP contribution in [0.25, 0.3) is 0 Å². The summed E-state index contributed by atoms with van der Waals surface area (Å²) < 4.78 is 33.9. The fourth-order valence-electron chi connectivity index (χ4n) is 0.252. The standard InChI is InChI=1S/C4H7F3OS/c5-4(6,7)1-2-9-3-8/h8H,1-3H2. The van der Waals surface area contributed by atoms with Crippen LogP contribution >= 0.6 is 11.8 Å². The van der Waals surface area contributed by atoms with Crippen molar-refractivity contribution in [2.45, 2.75) is 12.6 Å². The summed E-state index contributed by atoms with van der Waals surface area (Å²) in [6, 6.07) is 0. The minimum Gasteiger partial charge on any atom is -0.386 e. The quantitative estimate of drug-likeness (QED) is 0.500. The molecule has 1 N–H and O–H groups in total. The maximum atomic E-state index is 11.3. The third-order valence-electron chi connectivity index (χ3n) is 0.621. The summed E-state index contributed by atoms with van der Waals surface area (Å²) >= 11 is 0.871. The molecule has 0 aromatic rings. The molecule has 0 aromatic carbocycles. The molecule has 0 heterocycles. The molecule has 0 aliphatic carbocycles. The van der Waals surface area contributed by atoms with E-state index in [2.05, 4.69) is 0 Å². The van der Waals surface area contributed by atoms with Gasteiger partial charge in [-0.2, -0.15) is 13.2 Å². The van der Waals surface area contributed by atoms with E-state index in [0.717, 1.165) is 11.8 Å². The Kier molecular flexibility index (Phi) is 4.05. The van der Waals surface area contributed by atoms with E-state index in [0.29, 0.717) is 0 Å². The molecule has 0 spiro atoms. The van der Waals surface area contributed by atoms with Crippen LogP contribution in [0.3, 0.4) is 0 Å². The fraction of sp³-hybridized carbons (Fsp3) is 1.00. The SMILES string of the molecule is OCSCCC(F)(F)F. The Balaban J connectivity index is 3.07. The van der Waals surface area contributed by atoms with Gasteiger partial charge in [0, 0.05) is 5.75 Å². The normalized spacial score (nSPS) is 12.0. The Morgan fingerprint density at radius 2 is 1.89 bits per heavy atom. The number of hydrogen-bond acceptors (Lipinski definition) is 2. The molecule has 56 valence electrons. The molecule has 0 radical (unpaired) electrons. The number of aliphatic hydroxyl groups excluding tert-OH is 1. The van der Waals surface area contributed by atoms with Gasteiger partial charge in [0.1, 0.15) is 0 Å². The van der Waals surface area contributed by atoms with Gasteiger partial charge in [0.2, 0.25) is 0 Å². The monoisotopic (exact) mass is 160 g/mol. The highest BCUT2D eigenvalue weighted by molar-refractivity contribution is 7.99. The van der Waals surface area contributed by atoms with Crippen molar-refractivity contribution in [1.29, 1.82) is 0 Å². The van der Waals surface area contributed by atoms with Crippen LogP contribution in [-0.2, 0) is 0 Å². The van der Waals surface area contributed by atoms with Gasteiger partial charge in [-0.15, -0.1) is 11.8 Å². The molecule has 0 bridgehead atoms. The van der Waals surface area contributed by atoms with Crippen molar-refractivity contribution in [1.82, 2.24) is 0 Å². The van der Waals surface area contributed by atoms with Gasteiger partial charge >= 0.3 is 6.18 Å². The van der Waals surface area contributed by atoms with Gasteiger partial charge < -0.3 is 5.11 Å². The number of alkyl halides is 3. The van der Waals surface area contributed by atoms with Gasteiger partial charge in [0.15, 0.2) is 0 Å². The maximum absolute atomic E-state index is 11.3. The minimum atomic E-state index is -4.08. The summed E-state index contributed by atoms with van der Waals surface area (Å²) in [5.41, 5.74) is 0. The lowest BCUT2D eigenvalue weighted by Crippen LogP contribution is -2.08. The summed E-state index contributed by atoms with van der Waals surface area (Å²) in [4.78, 5) is 0. The zero-order valence-corrected chi connectivity index (χ0v) is 5.43.